The van der Waals surface area contributed by atoms with Crippen LogP contribution in [0.1, 0.15) is 5.56 Å². The highest BCUT2D eigenvalue weighted by molar-refractivity contribution is 7.88. The molecule has 1 heterocycles. The Morgan fingerprint density at radius 1 is 0.962 bits per heavy atom. The summed E-state index contributed by atoms with van der Waals surface area (Å²) in [4.78, 5) is 2.13. The highest BCUT2D eigenvalue weighted by atomic mass is 35.5. The number of ether oxygens (including phenoxy) is 1. The number of nitrogens with zero attached hydrogens (tertiary/aromatic N) is 2. The van der Waals surface area contributed by atoms with Crippen LogP contribution < -0.4 is 9.64 Å². The number of para-hydroxylation sites is 2. The Morgan fingerprint density at radius 3 is 2.19 bits per heavy atom. The summed E-state index contributed by atoms with van der Waals surface area (Å²) in [6.07, 6.45) is 0. The minimum atomic E-state index is -3.50. The molecule has 0 spiro atoms. The van der Waals surface area contributed by atoms with Crippen molar-refractivity contribution in [3.05, 3.63) is 58.1 Å². The lowest BCUT2D eigenvalue weighted by Crippen LogP contribution is -2.49. The van der Waals surface area contributed by atoms with Gasteiger partial charge < -0.3 is 9.64 Å². The van der Waals surface area contributed by atoms with Gasteiger partial charge in [0.15, 0.2) is 0 Å². The zero-order chi connectivity index (χ0) is 18.7. The fourth-order valence-corrected chi connectivity index (χ4v) is 5.31. The average Bonchev–Trinajstić information content (AvgIpc) is 2.65. The predicted molar refractivity (Wildman–Crippen MR) is 106 cm³/mol. The minimum absolute atomic E-state index is 0.194. The van der Waals surface area contributed by atoms with Crippen molar-refractivity contribution in [3.63, 3.8) is 0 Å². The Balaban J connectivity index is 1.71. The molecule has 1 aliphatic rings. The Hall–Kier alpha value is -1.47. The molecule has 5 nitrogen and oxygen atoms in total. The third-order valence-corrected chi connectivity index (χ3v) is 6.96. The fourth-order valence-electron chi connectivity index (χ4n) is 3.04. The van der Waals surface area contributed by atoms with Gasteiger partial charge in [-0.15, -0.1) is 0 Å². The van der Waals surface area contributed by atoms with Gasteiger partial charge in [0.25, 0.3) is 0 Å². The Labute approximate surface area is 164 Å². The molecule has 0 radical (unpaired) electrons. The molecule has 1 aliphatic heterocycles. The Morgan fingerprint density at radius 2 is 1.58 bits per heavy atom. The van der Waals surface area contributed by atoms with Gasteiger partial charge in [-0.1, -0.05) is 41.4 Å². The number of piperazine rings is 1. The lowest BCUT2D eigenvalue weighted by atomic mass is 10.2. The summed E-state index contributed by atoms with van der Waals surface area (Å²) in [6, 6.07) is 12.7. The maximum absolute atomic E-state index is 12.8. The molecule has 3 rings (SSSR count). The van der Waals surface area contributed by atoms with Crippen LogP contribution in [0, 0.1) is 0 Å². The van der Waals surface area contributed by atoms with E-state index in [0.29, 0.717) is 41.8 Å². The van der Waals surface area contributed by atoms with E-state index in [4.69, 9.17) is 27.9 Å². The molecule has 1 saturated heterocycles. The van der Waals surface area contributed by atoms with Gasteiger partial charge in [0, 0.05) is 41.8 Å². The second-order valence-electron chi connectivity index (χ2n) is 6.01. The maximum atomic E-state index is 12.8. The molecule has 0 atom stereocenters. The third kappa shape index (κ3) is 4.09. The number of methoxy groups -OCH3 is 1. The first-order chi connectivity index (χ1) is 12.4. The van der Waals surface area contributed by atoms with E-state index in [1.807, 2.05) is 24.3 Å². The molecule has 0 amide bonds. The molecular formula is C18H20Cl2N2O3S. The van der Waals surface area contributed by atoms with E-state index in [0.717, 1.165) is 11.4 Å². The topological polar surface area (TPSA) is 49.9 Å². The van der Waals surface area contributed by atoms with Crippen LogP contribution in [0.15, 0.2) is 42.5 Å². The molecular weight excluding hydrogens is 395 g/mol. The molecule has 2 aromatic rings. The van der Waals surface area contributed by atoms with Gasteiger partial charge in [0.05, 0.1) is 18.6 Å². The summed E-state index contributed by atoms with van der Waals surface area (Å²) < 4.78 is 32.5. The van der Waals surface area contributed by atoms with Gasteiger partial charge in [-0.05, 0) is 24.3 Å². The molecule has 0 unspecified atom stereocenters. The lowest BCUT2D eigenvalue weighted by molar-refractivity contribution is 0.378. The molecule has 0 saturated carbocycles. The largest absolute Gasteiger partial charge is 0.495 e. The Kier molecular flexibility index (Phi) is 5.97. The Bertz CT molecular complexity index is 862. The van der Waals surface area contributed by atoms with Crippen LogP contribution in [0.5, 0.6) is 5.75 Å². The summed E-state index contributed by atoms with van der Waals surface area (Å²) >= 11 is 12.2. The minimum Gasteiger partial charge on any atom is -0.495 e. The SMILES string of the molecule is COc1ccccc1N1CCN(S(=O)(=O)Cc2c(Cl)cccc2Cl)CC1. The number of halogens is 2. The van der Waals surface area contributed by atoms with Gasteiger partial charge in [-0.2, -0.15) is 4.31 Å². The number of hydrogen-bond acceptors (Lipinski definition) is 4. The molecule has 0 bridgehead atoms. The zero-order valence-electron chi connectivity index (χ0n) is 14.4. The monoisotopic (exact) mass is 414 g/mol. The summed E-state index contributed by atoms with van der Waals surface area (Å²) in [6.45, 7) is 2.00. The predicted octanol–water partition coefficient (Wildman–Crippen LogP) is 3.65. The third-order valence-electron chi connectivity index (χ3n) is 4.45. The molecule has 0 aliphatic carbocycles. The van der Waals surface area contributed by atoms with E-state index in [1.165, 1.54) is 4.31 Å². The first kappa shape index (κ1) is 19.3. The normalized spacial score (nSPS) is 15.9. The fraction of sp³-hybridized carbons (Fsp3) is 0.333. The second-order valence-corrected chi connectivity index (χ2v) is 8.80. The van der Waals surface area contributed by atoms with Crippen molar-refractivity contribution >= 4 is 38.9 Å². The van der Waals surface area contributed by atoms with Crippen LogP contribution >= 0.6 is 23.2 Å². The summed E-state index contributed by atoms with van der Waals surface area (Å²) in [7, 11) is -1.86. The van der Waals surface area contributed by atoms with Crippen molar-refractivity contribution in [1.82, 2.24) is 4.31 Å². The maximum Gasteiger partial charge on any atom is 0.218 e. The van der Waals surface area contributed by atoms with Crippen molar-refractivity contribution in [2.75, 3.05) is 38.2 Å². The summed E-state index contributed by atoms with van der Waals surface area (Å²) in [5.41, 5.74) is 1.42. The highest BCUT2D eigenvalue weighted by Crippen LogP contribution is 2.30. The first-order valence-electron chi connectivity index (χ1n) is 8.21. The van der Waals surface area contributed by atoms with E-state index in [-0.39, 0.29) is 5.75 Å². The molecule has 8 heteroatoms. The average molecular weight is 415 g/mol. The standard InChI is InChI=1S/C18H20Cl2N2O3S/c1-25-18-8-3-2-7-17(18)21-9-11-22(12-10-21)26(23,24)13-14-15(19)5-4-6-16(14)20/h2-8H,9-13H2,1H3. The van der Waals surface area contributed by atoms with Gasteiger partial charge in [-0.25, -0.2) is 8.42 Å². The quantitative estimate of drug-likeness (QED) is 0.748. The summed E-state index contributed by atoms with van der Waals surface area (Å²) in [5, 5.41) is 0.738. The smallest absolute Gasteiger partial charge is 0.218 e. The van der Waals surface area contributed by atoms with Gasteiger partial charge in [0.1, 0.15) is 5.75 Å². The van der Waals surface area contributed by atoms with Crippen molar-refractivity contribution in [1.29, 1.82) is 0 Å². The highest BCUT2D eigenvalue weighted by Gasteiger charge is 2.29. The summed E-state index contributed by atoms with van der Waals surface area (Å²) in [5.74, 6) is 0.590. The van der Waals surface area contributed by atoms with Crippen molar-refractivity contribution in [3.8, 4) is 5.75 Å². The molecule has 26 heavy (non-hydrogen) atoms. The molecule has 1 fully saturated rings. The number of anilines is 1. The van der Waals surface area contributed by atoms with Crippen molar-refractivity contribution in [2.24, 2.45) is 0 Å². The van der Waals surface area contributed by atoms with Gasteiger partial charge >= 0.3 is 0 Å². The van der Waals surface area contributed by atoms with Crippen LogP contribution in [0.3, 0.4) is 0 Å². The first-order valence-corrected chi connectivity index (χ1v) is 10.6. The van der Waals surface area contributed by atoms with Gasteiger partial charge in [-0.3, -0.25) is 0 Å². The van der Waals surface area contributed by atoms with Gasteiger partial charge in [0.2, 0.25) is 10.0 Å². The number of hydrogen-bond donors (Lipinski definition) is 0. The van der Waals surface area contributed by atoms with Crippen LogP contribution in [-0.4, -0.2) is 46.0 Å². The van der Waals surface area contributed by atoms with Crippen LogP contribution in [-0.2, 0) is 15.8 Å². The van der Waals surface area contributed by atoms with E-state index in [1.54, 1.807) is 25.3 Å². The van der Waals surface area contributed by atoms with Crippen LogP contribution in [0.25, 0.3) is 0 Å². The molecule has 2 aromatic carbocycles. The zero-order valence-corrected chi connectivity index (χ0v) is 16.7. The lowest BCUT2D eigenvalue weighted by Gasteiger charge is -2.36. The van der Waals surface area contributed by atoms with Crippen molar-refractivity contribution < 1.29 is 13.2 Å². The van der Waals surface area contributed by atoms with Crippen molar-refractivity contribution in [2.45, 2.75) is 5.75 Å². The number of rotatable bonds is 5. The number of benzene rings is 2. The molecule has 0 N–H and O–H groups in total. The van der Waals surface area contributed by atoms with Crippen LogP contribution in [0.4, 0.5) is 5.69 Å². The van der Waals surface area contributed by atoms with E-state index in [9.17, 15) is 8.42 Å². The van der Waals surface area contributed by atoms with E-state index >= 15 is 0 Å². The number of sulfonamides is 1. The van der Waals surface area contributed by atoms with E-state index < -0.39 is 10.0 Å². The van der Waals surface area contributed by atoms with Crippen LogP contribution in [0.2, 0.25) is 10.0 Å². The molecule has 140 valence electrons. The van der Waals surface area contributed by atoms with E-state index in [2.05, 4.69) is 4.90 Å². The molecule has 0 aromatic heterocycles. The second kappa shape index (κ2) is 8.05.